The number of piperidine rings is 1. The summed E-state index contributed by atoms with van der Waals surface area (Å²) in [5, 5.41) is 12.9. The highest BCUT2D eigenvalue weighted by atomic mass is 79.9. The third-order valence-electron chi connectivity index (χ3n) is 6.14. The van der Waals surface area contributed by atoms with Crippen molar-refractivity contribution < 1.29 is 27.8 Å². The number of pyridine rings is 1. The molecule has 1 fully saturated rings. The summed E-state index contributed by atoms with van der Waals surface area (Å²) in [5.41, 5.74) is 0.763. The molecule has 2 unspecified atom stereocenters. The summed E-state index contributed by atoms with van der Waals surface area (Å²) in [4.78, 5) is 23.4. The molecule has 3 heterocycles. The molecule has 4 rings (SSSR count). The van der Waals surface area contributed by atoms with Crippen molar-refractivity contribution >= 4 is 27.7 Å². The predicted octanol–water partition coefficient (Wildman–Crippen LogP) is 3.63. The summed E-state index contributed by atoms with van der Waals surface area (Å²) in [6, 6.07) is 3.53. The normalized spacial score (nSPS) is 20.9. The van der Waals surface area contributed by atoms with Crippen molar-refractivity contribution in [3.8, 4) is 0 Å². The Balaban J connectivity index is 1.86. The van der Waals surface area contributed by atoms with Crippen LogP contribution in [-0.4, -0.2) is 59.6 Å². The second-order valence-electron chi connectivity index (χ2n) is 8.34. The molecule has 0 radical (unpaired) electrons. The molecule has 1 aromatic carbocycles. The summed E-state index contributed by atoms with van der Waals surface area (Å²) < 4.78 is 47.4. The van der Waals surface area contributed by atoms with Gasteiger partial charge in [-0.3, -0.25) is 9.89 Å². The van der Waals surface area contributed by atoms with Gasteiger partial charge in [-0.25, -0.2) is 22.9 Å². The zero-order chi connectivity index (χ0) is 25.1. The minimum Gasteiger partial charge on any atom is -0.466 e. The van der Waals surface area contributed by atoms with Gasteiger partial charge in [0.25, 0.3) is 0 Å². The Hall–Kier alpha value is -2.76. The fraction of sp³-hybridized carbons (Fsp3) is 0.375. The largest absolute Gasteiger partial charge is 0.466 e. The molecule has 186 valence electrons. The van der Waals surface area contributed by atoms with Crippen LogP contribution in [0, 0.1) is 17.5 Å². The van der Waals surface area contributed by atoms with E-state index in [4.69, 9.17) is 4.74 Å². The Morgan fingerprint density at radius 1 is 1.26 bits per heavy atom. The van der Waals surface area contributed by atoms with Gasteiger partial charge < -0.3 is 15.2 Å². The maximum Gasteiger partial charge on any atom is 0.338 e. The van der Waals surface area contributed by atoms with Crippen LogP contribution in [0.3, 0.4) is 0 Å². The number of aliphatic hydroxyl groups excluding tert-OH is 1. The molecule has 0 aliphatic carbocycles. The lowest BCUT2D eigenvalue weighted by Gasteiger charge is -2.37. The van der Waals surface area contributed by atoms with E-state index >= 15 is 0 Å². The minimum atomic E-state index is -0.993. The lowest BCUT2D eigenvalue weighted by molar-refractivity contribution is -0.136. The van der Waals surface area contributed by atoms with Crippen molar-refractivity contribution in [2.45, 2.75) is 31.3 Å². The van der Waals surface area contributed by atoms with Crippen molar-refractivity contribution in [2.24, 2.45) is 4.99 Å². The number of esters is 1. The Kier molecular flexibility index (Phi) is 7.88. The number of aliphatic hydroxyl groups is 1. The van der Waals surface area contributed by atoms with Gasteiger partial charge in [0.2, 0.25) is 0 Å². The highest BCUT2D eigenvalue weighted by Crippen LogP contribution is 2.37. The van der Waals surface area contributed by atoms with Crippen LogP contribution >= 0.6 is 15.9 Å². The second-order valence-corrected chi connectivity index (χ2v) is 9.20. The number of carbonyl (C=O) groups is 1. The summed E-state index contributed by atoms with van der Waals surface area (Å²) in [5.74, 6) is -2.94. The molecule has 11 heteroatoms. The molecule has 0 spiro atoms. The fourth-order valence-corrected chi connectivity index (χ4v) is 4.97. The zero-order valence-corrected chi connectivity index (χ0v) is 20.5. The number of hydrogen-bond acceptors (Lipinski definition) is 7. The number of likely N-dealkylation sites (tertiary alicyclic amines) is 1. The predicted molar refractivity (Wildman–Crippen MR) is 126 cm³/mol. The van der Waals surface area contributed by atoms with Gasteiger partial charge in [0, 0.05) is 28.8 Å². The van der Waals surface area contributed by atoms with Crippen molar-refractivity contribution in [2.75, 3.05) is 26.8 Å². The fourth-order valence-electron chi connectivity index (χ4n) is 4.41. The summed E-state index contributed by atoms with van der Waals surface area (Å²) in [6.07, 6.45) is 3.55. The van der Waals surface area contributed by atoms with Crippen LogP contribution in [0.2, 0.25) is 0 Å². The van der Waals surface area contributed by atoms with E-state index < -0.39 is 29.5 Å². The first-order chi connectivity index (χ1) is 16.8. The molecule has 1 aromatic heterocycles. The van der Waals surface area contributed by atoms with Crippen LogP contribution in [0.25, 0.3) is 0 Å². The molecule has 2 aromatic rings. The quantitative estimate of drug-likeness (QED) is 0.532. The average molecular weight is 553 g/mol. The topological polar surface area (TPSA) is 87.0 Å². The van der Waals surface area contributed by atoms with E-state index in [9.17, 15) is 23.1 Å². The van der Waals surface area contributed by atoms with Gasteiger partial charge in [-0.1, -0.05) is 28.4 Å². The van der Waals surface area contributed by atoms with Gasteiger partial charge in [0.15, 0.2) is 11.7 Å². The number of halogens is 4. The highest BCUT2D eigenvalue weighted by Gasteiger charge is 2.35. The molecule has 1 saturated heterocycles. The van der Waals surface area contributed by atoms with Gasteiger partial charge in [0.05, 0.1) is 25.5 Å². The van der Waals surface area contributed by atoms with E-state index in [2.05, 4.69) is 31.2 Å². The molecule has 0 amide bonds. The Morgan fingerprint density at radius 2 is 2.06 bits per heavy atom. The number of carbonyl (C=O) groups excluding carboxylic acids is 1. The van der Waals surface area contributed by atoms with Crippen LogP contribution < -0.4 is 5.32 Å². The van der Waals surface area contributed by atoms with Crippen LogP contribution in [-0.2, 0) is 9.53 Å². The molecule has 7 nitrogen and oxygen atoms in total. The number of benzene rings is 1. The summed E-state index contributed by atoms with van der Waals surface area (Å²) in [6.45, 7) is 0.848. The highest BCUT2D eigenvalue weighted by molar-refractivity contribution is 9.10. The van der Waals surface area contributed by atoms with Crippen molar-refractivity contribution in [1.29, 1.82) is 0 Å². The van der Waals surface area contributed by atoms with Gasteiger partial charge in [-0.15, -0.1) is 0 Å². The number of aliphatic imine (C=N–C) groups is 1. The number of rotatable bonds is 6. The van der Waals surface area contributed by atoms with E-state index in [-0.39, 0.29) is 36.3 Å². The number of amidine groups is 1. The average Bonchev–Trinajstić information content (AvgIpc) is 2.83. The van der Waals surface area contributed by atoms with Crippen molar-refractivity contribution in [1.82, 2.24) is 15.2 Å². The van der Waals surface area contributed by atoms with Gasteiger partial charge in [-0.05, 0) is 37.1 Å². The minimum absolute atomic E-state index is 0.0102. The van der Waals surface area contributed by atoms with Gasteiger partial charge in [-0.2, -0.15) is 0 Å². The number of methoxy groups -OCH3 is 1. The number of nitrogens with zero attached hydrogens (tertiary/aromatic N) is 3. The molecule has 2 aliphatic heterocycles. The lowest BCUT2D eigenvalue weighted by atomic mass is 9.94. The van der Waals surface area contributed by atoms with E-state index in [0.29, 0.717) is 28.3 Å². The van der Waals surface area contributed by atoms with Crippen molar-refractivity contribution in [3.05, 3.63) is 74.9 Å². The number of hydrogen-bond donors (Lipinski definition) is 2. The first-order valence-corrected chi connectivity index (χ1v) is 11.9. The number of aromatic nitrogens is 1. The number of ether oxygens (including phenoxy) is 1. The monoisotopic (exact) mass is 552 g/mol. The zero-order valence-electron chi connectivity index (χ0n) is 18.9. The van der Waals surface area contributed by atoms with Gasteiger partial charge >= 0.3 is 5.97 Å². The molecule has 35 heavy (non-hydrogen) atoms. The van der Waals surface area contributed by atoms with E-state index in [1.54, 1.807) is 0 Å². The Labute approximate surface area is 208 Å². The first kappa shape index (κ1) is 25.3. The molecule has 0 saturated carbocycles. The molecular weight excluding hydrogens is 529 g/mol. The van der Waals surface area contributed by atoms with E-state index in [1.807, 2.05) is 4.90 Å². The maximum atomic E-state index is 14.7. The Bertz CT molecular complexity index is 1190. The summed E-state index contributed by atoms with van der Waals surface area (Å²) >= 11 is 3.33. The molecule has 2 N–H and O–H groups in total. The van der Waals surface area contributed by atoms with E-state index in [0.717, 1.165) is 25.5 Å². The molecular formula is C24H24BrF3N4O3. The first-order valence-electron chi connectivity index (χ1n) is 11.1. The van der Waals surface area contributed by atoms with Crippen molar-refractivity contribution in [3.63, 3.8) is 0 Å². The van der Waals surface area contributed by atoms with Crippen LogP contribution in [0.5, 0.6) is 0 Å². The van der Waals surface area contributed by atoms with Gasteiger partial charge in [0.1, 0.15) is 23.4 Å². The smallest absolute Gasteiger partial charge is 0.338 e. The third-order valence-corrected chi connectivity index (χ3v) is 6.83. The standard InChI is InChI=1S/C24H24BrF3N4O3/c1-35-24(34)20-19(11-32-7-3-2-4-15(32)12-33)30-23(22-18(28)9-14(27)10-29-22)31-21(20)16-6-5-13(26)8-17(16)25/h5-6,8-10,15,21,33H,2-4,7,11-12H2,1H3,(H,30,31). The van der Waals surface area contributed by atoms with Crippen LogP contribution in [0.4, 0.5) is 13.2 Å². The summed E-state index contributed by atoms with van der Waals surface area (Å²) in [7, 11) is 1.24. The molecule has 2 atom stereocenters. The third kappa shape index (κ3) is 5.41. The molecule has 0 bridgehead atoms. The SMILES string of the molecule is COC(=O)C1=C(CN2CCCCC2CO)NC(c2ncc(F)cc2F)=NC1c1ccc(F)cc1Br. The second kappa shape index (κ2) is 10.9. The van der Waals surface area contributed by atoms with E-state index in [1.165, 1.54) is 25.3 Å². The van der Waals surface area contributed by atoms with Crippen LogP contribution in [0.15, 0.2) is 51.2 Å². The number of nitrogens with one attached hydrogen (secondary N) is 1. The van der Waals surface area contributed by atoms with Crippen LogP contribution in [0.1, 0.15) is 36.6 Å². The lowest BCUT2D eigenvalue weighted by Crippen LogP contribution is -2.46. The maximum absolute atomic E-state index is 14.7. The Morgan fingerprint density at radius 3 is 2.74 bits per heavy atom. The molecule has 2 aliphatic rings.